The Balaban J connectivity index is 1.77. The van der Waals surface area contributed by atoms with Crippen LogP contribution in [0.5, 0.6) is 11.5 Å². The van der Waals surface area contributed by atoms with E-state index >= 15 is 0 Å². The second kappa shape index (κ2) is 7.31. The maximum atomic E-state index is 12.9. The zero-order valence-corrected chi connectivity index (χ0v) is 13.0. The first-order chi connectivity index (χ1) is 12.0. The Labute approximate surface area is 141 Å². The van der Waals surface area contributed by atoms with E-state index < -0.39 is 11.9 Å². The smallest absolute Gasteiger partial charge is 0.326 e. The molecule has 2 aromatic carbocycles. The van der Waals surface area contributed by atoms with Crippen LogP contribution in [0.2, 0.25) is 0 Å². The van der Waals surface area contributed by atoms with Gasteiger partial charge in [-0.1, -0.05) is 12.1 Å². The Kier molecular flexibility index (Phi) is 4.94. The van der Waals surface area contributed by atoms with E-state index in [0.29, 0.717) is 11.5 Å². The van der Waals surface area contributed by atoms with Crippen LogP contribution in [0.3, 0.4) is 0 Å². The van der Waals surface area contributed by atoms with Gasteiger partial charge in [-0.25, -0.2) is 9.18 Å². The number of nitrogens with zero attached hydrogens (tertiary/aromatic N) is 1. The molecule has 0 spiro atoms. The van der Waals surface area contributed by atoms with Gasteiger partial charge >= 0.3 is 5.69 Å². The molecule has 1 aromatic heterocycles. The summed E-state index contributed by atoms with van der Waals surface area (Å²) in [5.41, 5.74) is 2.16. The summed E-state index contributed by atoms with van der Waals surface area (Å²) in [5.74, 6) is 0.699. The summed E-state index contributed by atoms with van der Waals surface area (Å²) in [5, 5.41) is 18.2. The summed E-state index contributed by atoms with van der Waals surface area (Å²) in [4.78, 5) is 14.3. The normalized spacial score (nSPS) is 12.1. The number of hydrogen-bond donors (Lipinski definition) is 4. The van der Waals surface area contributed by atoms with Gasteiger partial charge in [0.15, 0.2) is 6.23 Å². The fraction of sp³-hybridized carbons (Fsp3) is 0.118. The summed E-state index contributed by atoms with van der Waals surface area (Å²) in [6, 6.07) is 12.7. The van der Waals surface area contributed by atoms with E-state index in [4.69, 9.17) is 9.94 Å². The Morgan fingerprint density at radius 1 is 1.20 bits per heavy atom. The molecule has 1 atom stereocenters. The highest BCUT2D eigenvalue weighted by atomic mass is 19.1. The number of nitrogens with one attached hydrogen (secondary N) is 2. The average Bonchev–Trinajstić information content (AvgIpc) is 2.97. The predicted molar refractivity (Wildman–Crippen MR) is 87.0 cm³/mol. The number of rotatable bonds is 6. The van der Waals surface area contributed by atoms with Crippen LogP contribution >= 0.6 is 0 Å². The van der Waals surface area contributed by atoms with Crippen molar-refractivity contribution in [1.29, 1.82) is 0 Å². The third-order valence-corrected chi connectivity index (χ3v) is 3.52. The number of halogens is 1. The van der Waals surface area contributed by atoms with Crippen LogP contribution < -0.4 is 15.9 Å². The zero-order valence-electron chi connectivity index (χ0n) is 13.0. The molecule has 8 heteroatoms. The number of aromatic amines is 1. The highest BCUT2D eigenvalue weighted by Crippen LogP contribution is 2.22. The van der Waals surface area contributed by atoms with Crippen LogP contribution in [0, 0.1) is 5.82 Å². The number of H-pyrrole nitrogens is 1. The van der Waals surface area contributed by atoms with Crippen LogP contribution in [0.1, 0.15) is 17.5 Å². The summed E-state index contributed by atoms with van der Waals surface area (Å²) in [6.45, 7) is 0.244. The van der Waals surface area contributed by atoms with Crippen LogP contribution in [-0.2, 0) is 6.54 Å². The number of aliphatic hydroxyl groups is 1. The van der Waals surface area contributed by atoms with Crippen molar-refractivity contribution in [2.24, 2.45) is 0 Å². The highest BCUT2D eigenvalue weighted by molar-refractivity contribution is 5.34. The molecule has 25 heavy (non-hydrogen) atoms. The fourth-order valence-electron chi connectivity index (χ4n) is 2.32. The van der Waals surface area contributed by atoms with E-state index in [2.05, 4.69) is 4.98 Å². The van der Waals surface area contributed by atoms with Gasteiger partial charge in [0, 0.05) is 6.20 Å². The standard InChI is InChI=1S/C17H16FN3O4/c18-12-4-6-13(7-5-12)25-14-3-1-2-11(8-14)9-21-10-15(16(22)20-24)19-17(21)23/h1-8,10,16,20,22,24H,9H2,(H,19,23). The summed E-state index contributed by atoms with van der Waals surface area (Å²) >= 11 is 0. The topological polar surface area (TPSA) is 99.5 Å². The van der Waals surface area contributed by atoms with Crippen molar-refractivity contribution < 1.29 is 19.4 Å². The monoisotopic (exact) mass is 345 g/mol. The van der Waals surface area contributed by atoms with Crippen LogP contribution in [-0.4, -0.2) is 19.9 Å². The molecule has 3 aromatic rings. The number of hydroxylamine groups is 1. The highest BCUT2D eigenvalue weighted by Gasteiger charge is 2.11. The SMILES string of the molecule is O=c1[nH]c(C(O)NO)cn1Cc1cccc(Oc2ccc(F)cc2)c1. The Morgan fingerprint density at radius 2 is 1.96 bits per heavy atom. The lowest BCUT2D eigenvalue weighted by atomic mass is 10.2. The van der Waals surface area contributed by atoms with Gasteiger partial charge in [0.2, 0.25) is 0 Å². The predicted octanol–water partition coefficient (Wildman–Crippen LogP) is 2.13. The molecule has 0 saturated carbocycles. The molecule has 0 saturated heterocycles. The lowest BCUT2D eigenvalue weighted by molar-refractivity contribution is -0.00174. The van der Waals surface area contributed by atoms with Crippen molar-refractivity contribution in [3.63, 3.8) is 0 Å². The Hall–Kier alpha value is -2.94. The molecule has 1 unspecified atom stereocenters. The van der Waals surface area contributed by atoms with Gasteiger partial charge in [-0.2, -0.15) is 5.48 Å². The molecule has 0 aliphatic carbocycles. The number of aromatic nitrogens is 2. The molecule has 0 aliphatic rings. The molecular weight excluding hydrogens is 329 g/mol. The van der Waals surface area contributed by atoms with Crippen molar-refractivity contribution in [2.45, 2.75) is 12.8 Å². The van der Waals surface area contributed by atoms with E-state index in [1.54, 1.807) is 23.7 Å². The molecule has 1 heterocycles. The quantitative estimate of drug-likeness (QED) is 0.405. The maximum Gasteiger partial charge on any atom is 0.326 e. The summed E-state index contributed by atoms with van der Waals surface area (Å²) < 4.78 is 19.9. The van der Waals surface area contributed by atoms with Gasteiger partial charge in [-0.05, 0) is 42.0 Å². The molecule has 0 aliphatic heterocycles. The van der Waals surface area contributed by atoms with Crippen molar-refractivity contribution in [2.75, 3.05) is 0 Å². The molecule has 0 bridgehead atoms. The first kappa shape index (κ1) is 16.9. The van der Waals surface area contributed by atoms with Crippen LogP contribution in [0.25, 0.3) is 0 Å². The number of ether oxygens (including phenoxy) is 1. The summed E-state index contributed by atoms with van der Waals surface area (Å²) in [6.07, 6.45) is 0.0334. The van der Waals surface area contributed by atoms with E-state index in [1.807, 2.05) is 6.07 Å². The third kappa shape index (κ3) is 4.13. The average molecular weight is 345 g/mol. The van der Waals surface area contributed by atoms with Gasteiger partial charge in [0.05, 0.1) is 12.2 Å². The molecule has 3 rings (SSSR count). The van der Waals surface area contributed by atoms with Crippen molar-refractivity contribution in [3.8, 4) is 11.5 Å². The molecule has 7 nitrogen and oxygen atoms in total. The number of imidazole rings is 1. The van der Waals surface area contributed by atoms with Gasteiger partial charge in [0.1, 0.15) is 17.3 Å². The van der Waals surface area contributed by atoms with E-state index in [9.17, 15) is 14.3 Å². The largest absolute Gasteiger partial charge is 0.457 e. The van der Waals surface area contributed by atoms with Gasteiger partial charge in [-0.3, -0.25) is 4.57 Å². The van der Waals surface area contributed by atoms with Gasteiger partial charge in [-0.15, -0.1) is 0 Å². The number of hydrogen-bond acceptors (Lipinski definition) is 5. The number of aliphatic hydroxyl groups excluding tert-OH is 1. The van der Waals surface area contributed by atoms with Crippen LogP contribution in [0.15, 0.2) is 59.5 Å². The molecule has 0 fully saturated rings. The number of benzene rings is 2. The minimum Gasteiger partial charge on any atom is -0.457 e. The molecule has 130 valence electrons. The van der Waals surface area contributed by atoms with Gasteiger partial charge in [0.25, 0.3) is 0 Å². The minimum atomic E-state index is -1.37. The second-order valence-electron chi connectivity index (χ2n) is 5.38. The molecule has 0 amide bonds. The van der Waals surface area contributed by atoms with Crippen molar-refractivity contribution in [3.05, 3.63) is 82.3 Å². The lowest BCUT2D eigenvalue weighted by Gasteiger charge is -2.08. The Morgan fingerprint density at radius 3 is 2.68 bits per heavy atom. The molecule has 0 radical (unpaired) electrons. The van der Waals surface area contributed by atoms with Gasteiger partial charge < -0.3 is 20.0 Å². The molecule has 4 N–H and O–H groups in total. The maximum absolute atomic E-state index is 12.9. The first-order valence-electron chi connectivity index (χ1n) is 7.44. The molecular formula is C17H16FN3O4. The fourth-order valence-corrected chi connectivity index (χ4v) is 2.32. The second-order valence-corrected chi connectivity index (χ2v) is 5.38. The van der Waals surface area contributed by atoms with E-state index in [0.717, 1.165) is 5.56 Å². The van der Waals surface area contributed by atoms with Crippen LogP contribution in [0.4, 0.5) is 4.39 Å². The first-order valence-corrected chi connectivity index (χ1v) is 7.44. The lowest BCUT2D eigenvalue weighted by Crippen LogP contribution is -2.18. The Bertz CT molecular complexity index is 905. The van der Waals surface area contributed by atoms with Crippen molar-refractivity contribution >= 4 is 0 Å². The van der Waals surface area contributed by atoms with E-state index in [-0.39, 0.29) is 18.1 Å². The summed E-state index contributed by atoms with van der Waals surface area (Å²) in [7, 11) is 0. The third-order valence-electron chi connectivity index (χ3n) is 3.52. The minimum absolute atomic E-state index is 0.145. The van der Waals surface area contributed by atoms with E-state index in [1.165, 1.54) is 35.0 Å². The zero-order chi connectivity index (χ0) is 17.8. The van der Waals surface area contributed by atoms with Crippen molar-refractivity contribution in [1.82, 2.24) is 15.0 Å².